The van der Waals surface area contributed by atoms with E-state index in [9.17, 15) is 23.3 Å². The van der Waals surface area contributed by atoms with Crippen molar-refractivity contribution in [1.82, 2.24) is 4.98 Å². The molecule has 100 valence electrons. The van der Waals surface area contributed by atoms with E-state index in [0.29, 0.717) is 6.07 Å². The van der Waals surface area contributed by atoms with E-state index < -0.39 is 35.2 Å². The van der Waals surface area contributed by atoms with E-state index in [2.05, 4.69) is 14.5 Å². The molecule has 0 atom stereocenters. The van der Waals surface area contributed by atoms with Crippen molar-refractivity contribution in [3.8, 4) is 11.6 Å². The zero-order valence-electron chi connectivity index (χ0n) is 8.89. The summed E-state index contributed by atoms with van der Waals surface area (Å²) in [5, 5.41) is 19.4. The number of hydrogen-bond donors (Lipinski definition) is 1. The number of ether oxygens (including phenoxy) is 2. The number of rotatable bonds is 4. The molecule has 1 heterocycles. The number of hydrogen-bond acceptors (Lipinski definition) is 6. The Balaban J connectivity index is 3.39. The molecule has 0 aromatic carbocycles. The number of pyridine rings is 1. The van der Waals surface area contributed by atoms with Crippen molar-refractivity contribution in [3.63, 3.8) is 0 Å². The fourth-order valence-corrected chi connectivity index (χ4v) is 1.11. The van der Waals surface area contributed by atoms with Gasteiger partial charge < -0.3 is 14.6 Å². The number of aromatic nitrogens is 1. The van der Waals surface area contributed by atoms with Crippen molar-refractivity contribution in [2.24, 2.45) is 0 Å². The molecule has 1 aromatic rings. The third kappa shape index (κ3) is 3.20. The maximum atomic E-state index is 12.1. The monoisotopic (exact) mass is 268 g/mol. The van der Waals surface area contributed by atoms with E-state index in [0.717, 1.165) is 7.11 Å². The summed E-state index contributed by atoms with van der Waals surface area (Å²) in [6, 6.07) is 0.670. The maximum absolute atomic E-state index is 12.1. The minimum Gasteiger partial charge on any atom is -0.478 e. The second-order valence-electron chi connectivity index (χ2n) is 2.93. The van der Waals surface area contributed by atoms with Gasteiger partial charge in [0.2, 0.25) is 0 Å². The second kappa shape index (κ2) is 5.04. The van der Waals surface area contributed by atoms with E-state index in [4.69, 9.17) is 5.11 Å². The highest BCUT2D eigenvalue weighted by Crippen LogP contribution is 2.39. The number of nitro groups is 1. The standard InChI is InChI=1S/C8H7F3N2O5/c1-17-7-6(18-8(9,10)11)5(13(15)16)2-4(3-14)12-7/h2,14H,3H2,1H3. The second-order valence-corrected chi connectivity index (χ2v) is 2.93. The van der Waals surface area contributed by atoms with Gasteiger partial charge in [-0.1, -0.05) is 0 Å². The zero-order valence-corrected chi connectivity index (χ0v) is 8.89. The molecule has 0 saturated carbocycles. The Kier molecular flexibility index (Phi) is 3.91. The summed E-state index contributed by atoms with van der Waals surface area (Å²) in [7, 11) is 0.969. The van der Waals surface area contributed by atoms with Crippen LogP contribution in [0.15, 0.2) is 6.07 Å². The van der Waals surface area contributed by atoms with Gasteiger partial charge in [0.1, 0.15) is 0 Å². The Labute approximate surface area is 97.9 Å². The molecule has 7 nitrogen and oxygen atoms in total. The fourth-order valence-electron chi connectivity index (χ4n) is 1.11. The average molecular weight is 268 g/mol. The topological polar surface area (TPSA) is 94.7 Å². The normalized spacial score (nSPS) is 11.2. The summed E-state index contributed by atoms with van der Waals surface area (Å²) in [5.41, 5.74) is -1.21. The molecule has 1 aromatic heterocycles. The van der Waals surface area contributed by atoms with E-state index in [1.165, 1.54) is 0 Å². The van der Waals surface area contributed by atoms with Crippen molar-refractivity contribution in [2.75, 3.05) is 7.11 Å². The molecule has 0 amide bonds. The third-order valence-corrected chi connectivity index (χ3v) is 1.75. The molecule has 10 heteroatoms. The average Bonchev–Trinajstić information content (AvgIpc) is 2.26. The fraction of sp³-hybridized carbons (Fsp3) is 0.375. The number of nitrogens with zero attached hydrogens (tertiary/aromatic N) is 2. The molecule has 0 fully saturated rings. The Bertz CT molecular complexity index is 463. The summed E-state index contributed by atoms with van der Waals surface area (Å²) in [6.45, 7) is -0.691. The molecule has 0 spiro atoms. The van der Waals surface area contributed by atoms with Gasteiger partial charge in [-0.15, -0.1) is 13.2 Å². The highest BCUT2D eigenvalue weighted by molar-refractivity contribution is 5.53. The van der Waals surface area contributed by atoms with E-state index in [-0.39, 0.29) is 5.69 Å². The molecule has 0 aliphatic heterocycles. The van der Waals surface area contributed by atoms with Gasteiger partial charge in [0.15, 0.2) is 0 Å². The van der Waals surface area contributed by atoms with Crippen LogP contribution in [0.4, 0.5) is 18.9 Å². The van der Waals surface area contributed by atoms with Gasteiger partial charge in [-0.05, 0) is 0 Å². The third-order valence-electron chi connectivity index (χ3n) is 1.75. The molecular weight excluding hydrogens is 261 g/mol. The lowest BCUT2D eigenvalue weighted by atomic mass is 10.3. The van der Waals surface area contributed by atoms with Crippen molar-refractivity contribution >= 4 is 5.69 Å². The molecule has 0 aliphatic carbocycles. The summed E-state index contributed by atoms with van der Waals surface area (Å²) >= 11 is 0. The number of aliphatic hydroxyl groups is 1. The van der Waals surface area contributed by atoms with Gasteiger partial charge in [0, 0.05) is 6.07 Å². The summed E-state index contributed by atoms with van der Waals surface area (Å²) in [4.78, 5) is 13.0. The van der Waals surface area contributed by atoms with E-state index >= 15 is 0 Å². The highest BCUT2D eigenvalue weighted by atomic mass is 19.4. The maximum Gasteiger partial charge on any atom is 0.573 e. The van der Waals surface area contributed by atoms with Crippen molar-refractivity contribution < 1.29 is 32.7 Å². The largest absolute Gasteiger partial charge is 0.573 e. The minimum absolute atomic E-state index is 0.215. The van der Waals surface area contributed by atoms with Crippen LogP contribution in [0.5, 0.6) is 11.6 Å². The first kappa shape index (κ1) is 14.0. The molecule has 0 radical (unpaired) electrons. The van der Waals surface area contributed by atoms with E-state index in [1.807, 2.05) is 0 Å². The van der Waals surface area contributed by atoms with Crippen LogP contribution >= 0.6 is 0 Å². The molecule has 0 saturated heterocycles. The molecule has 1 rings (SSSR count). The first-order valence-electron chi connectivity index (χ1n) is 4.37. The predicted octanol–water partition coefficient (Wildman–Crippen LogP) is 1.39. The van der Waals surface area contributed by atoms with Crippen LogP contribution < -0.4 is 9.47 Å². The van der Waals surface area contributed by atoms with Crippen LogP contribution in [-0.4, -0.2) is 28.5 Å². The Morgan fingerprint density at radius 1 is 1.56 bits per heavy atom. The van der Waals surface area contributed by atoms with Gasteiger partial charge in [-0.25, -0.2) is 4.98 Å². The number of aliphatic hydroxyl groups excluding tert-OH is 1. The van der Waals surface area contributed by atoms with Crippen LogP contribution in [0.3, 0.4) is 0 Å². The summed E-state index contributed by atoms with van der Waals surface area (Å²) < 4.78 is 44.3. The Hall–Kier alpha value is -2.10. The Morgan fingerprint density at radius 3 is 2.56 bits per heavy atom. The molecule has 0 bridgehead atoms. The van der Waals surface area contributed by atoms with Gasteiger partial charge in [-0.2, -0.15) is 0 Å². The SMILES string of the molecule is COc1nc(CO)cc([N+](=O)[O-])c1OC(F)(F)F. The van der Waals surface area contributed by atoms with Crippen LogP contribution in [0.1, 0.15) is 5.69 Å². The Morgan fingerprint density at radius 2 is 2.17 bits per heavy atom. The molecule has 0 aliphatic rings. The molecule has 18 heavy (non-hydrogen) atoms. The smallest absolute Gasteiger partial charge is 0.478 e. The lowest BCUT2D eigenvalue weighted by Gasteiger charge is -2.12. The summed E-state index contributed by atoms with van der Waals surface area (Å²) in [5.74, 6) is -1.89. The minimum atomic E-state index is -5.12. The van der Waals surface area contributed by atoms with Gasteiger partial charge in [0.25, 0.3) is 11.6 Å². The van der Waals surface area contributed by atoms with Gasteiger partial charge >= 0.3 is 12.0 Å². The van der Waals surface area contributed by atoms with Gasteiger partial charge in [-0.3, -0.25) is 10.1 Å². The summed E-state index contributed by atoms with van der Waals surface area (Å²) in [6.07, 6.45) is -5.12. The lowest BCUT2D eigenvalue weighted by Crippen LogP contribution is -2.19. The zero-order chi connectivity index (χ0) is 13.9. The quantitative estimate of drug-likeness (QED) is 0.655. The lowest BCUT2D eigenvalue weighted by molar-refractivity contribution is -0.388. The number of alkyl halides is 3. The van der Waals surface area contributed by atoms with Crippen molar-refractivity contribution in [1.29, 1.82) is 0 Å². The first-order valence-corrected chi connectivity index (χ1v) is 4.37. The van der Waals surface area contributed by atoms with Crippen LogP contribution in [0.25, 0.3) is 0 Å². The molecule has 0 unspecified atom stereocenters. The molecule has 1 N–H and O–H groups in total. The van der Waals surface area contributed by atoms with E-state index in [1.54, 1.807) is 0 Å². The van der Waals surface area contributed by atoms with Crippen LogP contribution in [0, 0.1) is 10.1 Å². The molecular formula is C8H7F3N2O5. The number of halogens is 3. The van der Waals surface area contributed by atoms with Crippen LogP contribution in [-0.2, 0) is 6.61 Å². The highest BCUT2D eigenvalue weighted by Gasteiger charge is 2.37. The van der Waals surface area contributed by atoms with Gasteiger partial charge in [0.05, 0.1) is 24.3 Å². The van der Waals surface area contributed by atoms with Crippen molar-refractivity contribution in [3.05, 3.63) is 21.9 Å². The van der Waals surface area contributed by atoms with Crippen LogP contribution in [0.2, 0.25) is 0 Å². The first-order chi connectivity index (χ1) is 8.28. The van der Waals surface area contributed by atoms with Crippen molar-refractivity contribution in [2.45, 2.75) is 13.0 Å². The predicted molar refractivity (Wildman–Crippen MR) is 50.0 cm³/mol. The number of methoxy groups -OCH3 is 1.